The summed E-state index contributed by atoms with van der Waals surface area (Å²) < 4.78 is 11.7. The van der Waals surface area contributed by atoms with E-state index in [1.807, 2.05) is 45.9 Å². The molecule has 1 amide bonds. The Morgan fingerprint density at radius 2 is 1.86 bits per heavy atom. The maximum absolute atomic E-state index is 13.3. The molecule has 2 aromatic heterocycles. The van der Waals surface area contributed by atoms with Gasteiger partial charge < -0.3 is 19.2 Å². The predicted molar refractivity (Wildman–Crippen MR) is 136 cm³/mol. The number of carbonyl (C=O) groups is 2. The number of benzene rings is 2. The lowest BCUT2D eigenvalue weighted by atomic mass is 9.98. The highest BCUT2D eigenvalue weighted by atomic mass is 16.5. The number of aromatic nitrogens is 2. The minimum Gasteiger partial charge on any atom is -0.507 e. The maximum Gasteiger partial charge on any atom is 0.302 e. The topological polar surface area (TPSA) is 109 Å². The largest absolute Gasteiger partial charge is 0.507 e. The van der Waals surface area contributed by atoms with E-state index in [2.05, 4.69) is 9.97 Å². The summed E-state index contributed by atoms with van der Waals surface area (Å²) >= 11 is 0. The van der Waals surface area contributed by atoms with Gasteiger partial charge in [0.2, 0.25) is 5.95 Å². The Bertz CT molecular complexity index is 1540. The van der Waals surface area contributed by atoms with E-state index in [9.17, 15) is 14.7 Å². The van der Waals surface area contributed by atoms with Gasteiger partial charge in [-0.25, -0.2) is 4.98 Å². The molecule has 1 aliphatic rings. The highest BCUT2D eigenvalue weighted by molar-refractivity contribution is 6.51. The van der Waals surface area contributed by atoms with E-state index in [1.165, 1.54) is 4.90 Å². The summed E-state index contributed by atoms with van der Waals surface area (Å²) in [5, 5.41) is 11.4. The number of rotatable bonds is 5. The summed E-state index contributed by atoms with van der Waals surface area (Å²) in [6, 6.07) is 13.3. The minimum atomic E-state index is -0.993. The molecule has 4 aromatic rings. The molecule has 36 heavy (non-hydrogen) atoms. The lowest BCUT2D eigenvalue weighted by Gasteiger charge is -2.21. The molecule has 0 spiro atoms. The Morgan fingerprint density at radius 1 is 1.08 bits per heavy atom. The van der Waals surface area contributed by atoms with Crippen molar-refractivity contribution in [3.05, 3.63) is 82.3 Å². The fourth-order valence-electron chi connectivity index (χ4n) is 4.48. The fourth-order valence-corrected chi connectivity index (χ4v) is 4.48. The van der Waals surface area contributed by atoms with Crippen LogP contribution in [-0.4, -0.2) is 32.9 Å². The smallest absolute Gasteiger partial charge is 0.302 e. The van der Waals surface area contributed by atoms with Gasteiger partial charge in [0, 0.05) is 5.56 Å². The molecule has 1 unspecified atom stereocenters. The van der Waals surface area contributed by atoms with Gasteiger partial charge in [-0.3, -0.25) is 14.5 Å². The summed E-state index contributed by atoms with van der Waals surface area (Å²) in [6.45, 7) is 9.45. The third-order valence-electron chi connectivity index (χ3n) is 6.14. The van der Waals surface area contributed by atoms with Crippen LogP contribution in [0.2, 0.25) is 0 Å². The third-order valence-corrected chi connectivity index (χ3v) is 6.14. The molecule has 0 radical (unpaired) electrons. The van der Waals surface area contributed by atoms with Crippen molar-refractivity contribution in [1.29, 1.82) is 0 Å². The van der Waals surface area contributed by atoms with Crippen LogP contribution in [0.4, 0.5) is 5.95 Å². The molecule has 1 atom stereocenters. The standard InChI is InChI=1S/C28H27N3O5/c1-14(2)35-21-11-8-18(13-16(21)4)25(32)23-24(22-10-7-17(5)36-22)31(27(34)26(23)33)28-29-19-9-6-15(3)12-20(19)30-28/h6-14,24,32H,1-5H3,(H,29,30)/b25-23+. The highest BCUT2D eigenvalue weighted by Gasteiger charge is 2.49. The number of Topliss-reactive ketones (excluding diaryl/α,β-unsaturated/α-hetero) is 1. The van der Waals surface area contributed by atoms with Crippen LogP contribution >= 0.6 is 0 Å². The number of aliphatic hydroxyl groups is 1. The van der Waals surface area contributed by atoms with Gasteiger partial charge in [0.25, 0.3) is 5.78 Å². The number of ketones is 1. The molecule has 5 rings (SSSR count). The Kier molecular flexibility index (Phi) is 5.67. The van der Waals surface area contributed by atoms with Gasteiger partial charge in [-0.2, -0.15) is 0 Å². The molecule has 0 bridgehead atoms. The number of hydrogen-bond acceptors (Lipinski definition) is 6. The summed E-state index contributed by atoms with van der Waals surface area (Å²) in [5.74, 6) is -0.0686. The Balaban J connectivity index is 1.67. The van der Waals surface area contributed by atoms with E-state index in [0.717, 1.165) is 16.6 Å². The average molecular weight is 486 g/mol. The second-order valence-corrected chi connectivity index (χ2v) is 9.35. The van der Waals surface area contributed by atoms with Gasteiger partial charge in [-0.05, 0) is 88.2 Å². The van der Waals surface area contributed by atoms with Crippen LogP contribution in [0.1, 0.15) is 48.1 Å². The SMILES string of the molecule is Cc1ccc2nc(N3C(=O)C(=O)/C(=C(/O)c4ccc(OC(C)C)c(C)c4)C3c3ccc(C)o3)[nH]c2c1. The Morgan fingerprint density at radius 3 is 2.53 bits per heavy atom. The number of carbonyl (C=O) groups excluding carboxylic acids is 2. The van der Waals surface area contributed by atoms with Crippen molar-refractivity contribution in [2.24, 2.45) is 0 Å². The van der Waals surface area contributed by atoms with Crippen molar-refractivity contribution >= 4 is 34.4 Å². The quantitative estimate of drug-likeness (QED) is 0.220. The number of furan rings is 1. The van der Waals surface area contributed by atoms with Crippen LogP contribution in [0.15, 0.2) is 58.5 Å². The van der Waals surface area contributed by atoms with Crippen molar-refractivity contribution in [2.45, 2.75) is 46.8 Å². The van der Waals surface area contributed by atoms with E-state index in [0.29, 0.717) is 28.4 Å². The third kappa shape index (κ3) is 3.94. The molecule has 2 N–H and O–H groups in total. The zero-order valence-electron chi connectivity index (χ0n) is 20.7. The van der Waals surface area contributed by atoms with Gasteiger partial charge >= 0.3 is 5.91 Å². The van der Waals surface area contributed by atoms with Gasteiger partial charge in [-0.1, -0.05) is 6.07 Å². The number of imidazole rings is 1. The number of anilines is 1. The Hall–Kier alpha value is -4.33. The summed E-state index contributed by atoms with van der Waals surface area (Å²) in [4.78, 5) is 35.6. The second-order valence-electron chi connectivity index (χ2n) is 9.35. The zero-order chi connectivity index (χ0) is 25.7. The first-order chi connectivity index (χ1) is 17.1. The minimum absolute atomic E-state index is 0.0109. The lowest BCUT2D eigenvalue weighted by molar-refractivity contribution is -0.132. The number of aromatic amines is 1. The molecule has 1 aliphatic heterocycles. The van der Waals surface area contributed by atoms with E-state index in [4.69, 9.17) is 9.15 Å². The van der Waals surface area contributed by atoms with Crippen LogP contribution in [-0.2, 0) is 9.59 Å². The monoisotopic (exact) mass is 485 g/mol. The first-order valence-corrected chi connectivity index (χ1v) is 11.8. The number of hydrogen-bond donors (Lipinski definition) is 2. The maximum atomic E-state index is 13.3. The zero-order valence-corrected chi connectivity index (χ0v) is 20.7. The molecule has 1 saturated heterocycles. The number of ether oxygens (including phenoxy) is 1. The van der Waals surface area contributed by atoms with Crippen LogP contribution in [0.25, 0.3) is 16.8 Å². The van der Waals surface area contributed by atoms with Crippen molar-refractivity contribution in [3.63, 3.8) is 0 Å². The number of fused-ring (bicyclic) bond motifs is 1. The Labute approximate surface area is 208 Å². The van der Waals surface area contributed by atoms with Gasteiger partial charge in [0.15, 0.2) is 0 Å². The molecule has 184 valence electrons. The number of aryl methyl sites for hydroxylation is 3. The number of nitrogens with zero attached hydrogens (tertiary/aromatic N) is 2. The molecule has 0 saturated carbocycles. The molecule has 0 aliphatic carbocycles. The number of aliphatic hydroxyl groups excluding tert-OH is 1. The summed E-state index contributed by atoms with van der Waals surface area (Å²) in [5.41, 5.74) is 3.54. The van der Waals surface area contributed by atoms with Gasteiger partial charge in [0.1, 0.15) is 29.1 Å². The van der Waals surface area contributed by atoms with Crippen LogP contribution in [0.5, 0.6) is 5.75 Å². The van der Waals surface area contributed by atoms with Crippen LogP contribution < -0.4 is 9.64 Å². The van der Waals surface area contributed by atoms with Crippen molar-refractivity contribution in [2.75, 3.05) is 4.90 Å². The fraction of sp³-hybridized carbons (Fsp3) is 0.250. The van der Waals surface area contributed by atoms with Crippen molar-refractivity contribution in [1.82, 2.24) is 9.97 Å². The molecule has 8 nitrogen and oxygen atoms in total. The molecular formula is C28H27N3O5. The van der Waals surface area contributed by atoms with Crippen molar-refractivity contribution in [3.8, 4) is 5.75 Å². The highest BCUT2D eigenvalue weighted by Crippen LogP contribution is 2.42. The van der Waals surface area contributed by atoms with Gasteiger partial charge in [-0.15, -0.1) is 0 Å². The van der Waals surface area contributed by atoms with E-state index in [-0.39, 0.29) is 23.4 Å². The van der Waals surface area contributed by atoms with E-state index in [1.54, 1.807) is 37.3 Å². The first-order valence-electron chi connectivity index (χ1n) is 11.8. The lowest BCUT2D eigenvalue weighted by Crippen LogP contribution is -2.30. The molecular weight excluding hydrogens is 458 g/mol. The molecule has 1 fully saturated rings. The molecule has 2 aromatic carbocycles. The summed E-state index contributed by atoms with van der Waals surface area (Å²) in [7, 11) is 0. The van der Waals surface area contributed by atoms with Crippen LogP contribution in [0.3, 0.4) is 0 Å². The van der Waals surface area contributed by atoms with E-state index >= 15 is 0 Å². The molecule has 8 heteroatoms. The predicted octanol–water partition coefficient (Wildman–Crippen LogP) is 5.49. The number of amides is 1. The number of H-pyrrole nitrogens is 1. The van der Waals surface area contributed by atoms with Crippen LogP contribution in [0, 0.1) is 20.8 Å². The van der Waals surface area contributed by atoms with E-state index < -0.39 is 17.7 Å². The number of nitrogens with one attached hydrogen (secondary N) is 1. The van der Waals surface area contributed by atoms with Crippen molar-refractivity contribution < 1.29 is 23.8 Å². The average Bonchev–Trinajstić information content (AvgIpc) is 3.50. The summed E-state index contributed by atoms with van der Waals surface area (Å²) in [6.07, 6.45) is -0.0109. The van der Waals surface area contributed by atoms with Gasteiger partial charge in [0.05, 0.1) is 22.7 Å². The molecule has 3 heterocycles. The second kappa shape index (κ2) is 8.71. The first kappa shape index (κ1) is 23.4. The normalized spacial score (nSPS) is 17.5.